The van der Waals surface area contributed by atoms with Crippen LogP contribution >= 0.6 is 0 Å². The maximum absolute atomic E-state index is 12.4. The van der Waals surface area contributed by atoms with Gasteiger partial charge < -0.3 is 20.5 Å². The van der Waals surface area contributed by atoms with E-state index in [1.807, 2.05) is 24.3 Å². The summed E-state index contributed by atoms with van der Waals surface area (Å²) >= 11 is 0. The highest BCUT2D eigenvalue weighted by Crippen LogP contribution is 2.44. The molecule has 2 amide bonds. The number of hydrogen-bond acceptors (Lipinski definition) is 4. The maximum Gasteiger partial charge on any atom is 0.407 e. The van der Waals surface area contributed by atoms with Crippen LogP contribution in [0, 0.1) is 5.92 Å². The monoisotopic (exact) mass is 450 g/mol. The van der Waals surface area contributed by atoms with E-state index in [-0.39, 0.29) is 30.9 Å². The molecule has 4 rings (SSSR count). The fraction of sp³-hybridized carbons (Fsp3) is 0.423. The van der Waals surface area contributed by atoms with Gasteiger partial charge in [0.05, 0.1) is 5.92 Å². The fourth-order valence-electron chi connectivity index (χ4n) is 5.04. The van der Waals surface area contributed by atoms with Crippen molar-refractivity contribution in [3.05, 3.63) is 59.7 Å². The molecule has 1 saturated carbocycles. The van der Waals surface area contributed by atoms with E-state index in [1.165, 1.54) is 0 Å². The highest BCUT2D eigenvalue weighted by atomic mass is 16.5. The lowest BCUT2D eigenvalue weighted by molar-refractivity contribution is -0.144. The van der Waals surface area contributed by atoms with Gasteiger partial charge in [-0.3, -0.25) is 9.59 Å². The Balaban J connectivity index is 1.28. The van der Waals surface area contributed by atoms with E-state index in [9.17, 15) is 19.5 Å². The number of rotatable bonds is 7. The average Bonchev–Trinajstić information content (AvgIpc) is 3.11. The van der Waals surface area contributed by atoms with Gasteiger partial charge in [-0.05, 0) is 42.0 Å². The van der Waals surface area contributed by atoms with Crippen molar-refractivity contribution < 1.29 is 24.2 Å². The van der Waals surface area contributed by atoms with E-state index in [2.05, 4.69) is 34.9 Å². The Morgan fingerprint density at radius 3 is 2.24 bits per heavy atom. The zero-order valence-electron chi connectivity index (χ0n) is 18.8. The molecule has 7 nitrogen and oxygen atoms in total. The molecule has 2 aromatic rings. The van der Waals surface area contributed by atoms with E-state index in [0.29, 0.717) is 12.8 Å². The number of aliphatic carboxylic acids is 1. The molecule has 2 aromatic carbocycles. The smallest absolute Gasteiger partial charge is 0.407 e. The lowest BCUT2D eigenvalue weighted by Gasteiger charge is -2.29. The van der Waals surface area contributed by atoms with Crippen molar-refractivity contribution in [1.82, 2.24) is 10.6 Å². The van der Waals surface area contributed by atoms with Crippen LogP contribution in [-0.4, -0.2) is 41.8 Å². The van der Waals surface area contributed by atoms with Gasteiger partial charge in [0.15, 0.2) is 0 Å². The van der Waals surface area contributed by atoms with E-state index < -0.39 is 24.0 Å². The molecule has 3 N–H and O–H groups in total. The zero-order chi connectivity index (χ0) is 23.4. The second kappa shape index (κ2) is 10.1. The van der Waals surface area contributed by atoms with Gasteiger partial charge in [0.25, 0.3) is 0 Å². The summed E-state index contributed by atoms with van der Waals surface area (Å²) in [5.41, 5.74) is 4.60. The van der Waals surface area contributed by atoms with Gasteiger partial charge in [0, 0.05) is 24.4 Å². The standard InChI is InChI=1S/C26H30N2O5/c1-16(14-24(29)28-23-13-7-6-12-21(23)25(30)31)27-26(32)33-15-22-19-10-4-2-8-17(19)18-9-3-5-11-20(18)22/h2-5,8-11,16,21-23H,6-7,12-15H2,1H3,(H,27,32)(H,28,29)(H,30,31)/t16-,21-,23+/m0/s1. The van der Waals surface area contributed by atoms with Crippen LogP contribution in [0.5, 0.6) is 0 Å². The van der Waals surface area contributed by atoms with Crippen molar-refractivity contribution in [2.45, 2.75) is 57.0 Å². The first-order valence-electron chi connectivity index (χ1n) is 11.6. The molecule has 0 saturated heterocycles. The summed E-state index contributed by atoms with van der Waals surface area (Å²) in [4.78, 5) is 36.2. The third-order valence-corrected chi connectivity index (χ3v) is 6.63. The molecule has 33 heavy (non-hydrogen) atoms. The topological polar surface area (TPSA) is 105 Å². The Hall–Kier alpha value is -3.35. The highest BCUT2D eigenvalue weighted by Gasteiger charge is 2.32. The molecular formula is C26H30N2O5. The van der Waals surface area contributed by atoms with E-state index in [1.54, 1.807) is 6.92 Å². The Kier molecular flexibility index (Phi) is 6.96. The quantitative estimate of drug-likeness (QED) is 0.590. The summed E-state index contributed by atoms with van der Waals surface area (Å²) in [6.07, 6.45) is 2.50. The molecule has 0 aromatic heterocycles. The van der Waals surface area contributed by atoms with Gasteiger partial charge >= 0.3 is 12.1 Å². The van der Waals surface area contributed by atoms with Gasteiger partial charge in [0.1, 0.15) is 6.61 Å². The molecule has 2 aliphatic carbocycles. The van der Waals surface area contributed by atoms with E-state index in [0.717, 1.165) is 35.1 Å². The highest BCUT2D eigenvalue weighted by molar-refractivity contribution is 5.80. The normalized spacial score (nSPS) is 20.3. The molecule has 1 fully saturated rings. The van der Waals surface area contributed by atoms with Gasteiger partial charge in [0.2, 0.25) is 5.91 Å². The fourth-order valence-corrected chi connectivity index (χ4v) is 5.04. The minimum Gasteiger partial charge on any atom is -0.481 e. The number of benzene rings is 2. The number of fused-ring (bicyclic) bond motifs is 3. The summed E-state index contributed by atoms with van der Waals surface area (Å²) in [6.45, 7) is 1.94. The Morgan fingerprint density at radius 1 is 1.00 bits per heavy atom. The predicted molar refractivity (Wildman–Crippen MR) is 124 cm³/mol. The second-order valence-corrected chi connectivity index (χ2v) is 8.98. The first-order valence-corrected chi connectivity index (χ1v) is 11.6. The number of nitrogens with one attached hydrogen (secondary N) is 2. The van der Waals surface area contributed by atoms with Crippen LogP contribution in [0.1, 0.15) is 56.1 Å². The Labute approximate surface area is 193 Å². The number of amides is 2. The van der Waals surface area contributed by atoms with Gasteiger partial charge in [-0.2, -0.15) is 0 Å². The predicted octanol–water partition coefficient (Wildman–Crippen LogP) is 4.06. The van der Waals surface area contributed by atoms with Crippen molar-refractivity contribution in [2.24, 2.45) is 5.92 Å². The minimum atomic E-state index is -0.871. The van der Waals surface area contributed by atoms with Crippen molar-refractivity contribution in [1.29, 1.82) is 0 Å². The average molecular weight is 451 g/mol. The summed E-state index contributed by atoms with van der Waals surface area (Å²) in [5, 5.41) is 14.9. The molecule has 0 radical (unpaired) electrons. The zero-order valence-corrected chi connectivity index (χ0v) is 18.8. The molecular weight excluding hydrogens is 420 g/mol. The van der Waals surface area contributed by atoms with Crippen LogP contribution in [-0.2, 0) is 14.3 Å². The summed E-state index contributed by atoms with van der Waals surface area (Å²) < 4.78 is 5.53. The summed E-state index contributed by atoms with van der Waals surface area (Å²) in [6, 6.07) is 15.5. The number of alkyl carbamates (subject to hydrolysis) is 1. The van der Waals surface area contributed by atoms with Crippen molar-refractivity contribution >= 4 is 18.0 Å². The van der Waals surface area contributed by atoms with Crippen molar-refractivity contribution in [3.63, 3.8) is 0 Å². The van der Waals surface area contributed by atoms with Crippen molar-refractivity contribution in [2.75, 3.05) is 6.61 Å². The third-order valence-electron chi connectivity index (χ3n) is 6.63. The molecule has 7 heteroatoms. The van der Waals surface area contributed by atoms with Gasteiger partial charge in [-0.25, -0.2) is 4.79 Å². The SMILES string of the molecule is C[C@@H](CC(=O)N[C@@H]1CCCC[C@@H]1C(=O)O)NC(=O)OCC1c2ccccc2-c2ccccc21. The number of carboxylic acids is 1. The van der Waals surface area contributed by atoms with E-state index >= 15 is 0 Å². The number of carboxylic acid groups (broad SMARTS) is 1. The minimum absolute atomic E-state index is 0.0268. The number of ether oxygens (including phenoxy) is 1. The first kappa shape index (κ1) is 22.8. The van der Waals surface area contributed by atoms with Crippen molar-refractivity contribution in [3.8, 4) is 11.1 Å². The second-order valence-electron chi connectivity index (χ2n) is 8.98. The lowest BCUT2D eigenvalue weighted by atomic mass is 9.84. The third kappa shape index (κ3) is 5.18. The number of carbonyl (C=O) groups is 3. The van der Waals surface area contributed by atoms with Gasteiger partial charge in [-0.15, -0.1) is 0 Å². The summed E-state index contributed by atoms with van der Waals surface area (Å²) in [5.74, 6) is -1.71. The molecule has 0 spiro atoms. The van der Waals surface area contributed by atoms with Crippen LogP contribution in [0.25, 0.3) is 11.1 Å². The molecule has 174 valence electrons. The molecule has 3 atom stereocenters. The molecule has 2 aliphatic rings. The summed E-state index contributed by atoms with van der Waals surface area (Å²) in [7, 11) is 0. The van der Waals surface area contributed by atoms with E-state index in [4.69, 9.17) is 4.74 Å². The Bertz CT molecular complexity index is 991. The molecule has 0 heterocycles. The first-order chi connectivity index (χ1) is 15.9. The maximum atomic E-state index is 12.4. The largest absolute Gasteiger partial charge is 0.481 e. The van der Waals surface area contributed by atoms with Crippen LogP contribution in [0.3, 0.4) is 0 Å². The van der Waals surface area contributed by atoms with Crippen LogP contribution in [0.4, 0.5) is 4.79 Å². The van der Waals surface area contributed by atoms with Crippen LogP contribution < -0.4 is 10.6 Å². The molecule has 0 bridgehead atoms. The Morgan fingerprint density at radius 2 is 1.61 bits per heavy atom. The van der Waals surface area contributed by atoms with Gasteiger partial charge in [-0.1, -0.05) is 61.4 Å². The van der Waals surface area contributed by atoms with Crippen LogP contribution in [0.2, 0.25) is 0 Å². The number of carbonyl (C=O) groups excluding carboxylic acids is 2. The van der Waals surface area contributed by atoms with Crippen LogP contribution in [0.15, 0.2) is 48.5 Å². The molecule has 0 unspecified atom stereocenters. The number of hydrogen-bond donors (Lipinski definition) is 3. The molecule has 0 aliphatic heterocycles. The lowest BCUT2D eigenvalue weighted by Crippen LogP contribution is -2.47.